The third kappa shape index (κ3) is 2.20. The molecule has 1 aliphatic rings. The lowest BCUT2D eigenvalue weighted by Crippen LogP contribution is -2.15. The minimum absolute atomic E-state index is 0.282. The number of rotatable bonds is 2. The third-order valence-electron chi connectivity index (χ3n) is 3.98. The molecule has 2 aromatic rings. The number of carbonyl (C=O) groups excluding carboxylic acids is 2. The van der Waals surface area contributed by atoms with E-state index in [2.05, 4.69) is 9.97 Å². The topological polar surface area (TPSA) is 78.4 Å². The highest BCUT2D eigenvalue weighted by molar-refractivity contribution is 5.87. The maximum atomic E-state index is 12.0. The zero-order valence-electron chi connectivity index (χ0n) is 12.6. The van der Waals surface area contributed by atoms with Crippen LogP contribution >= 0.6 is 0 Å². The van der Waals surface area contributed by atoms with Crippen molar-refractivity contribution in [2.45, 2.75) is 25.2 Å². The molecule has 2 atom stereocenters. The van der Waals surface area contributed by atoms with Crippen molar-refractivity contribution in [3.05, 3.63) is 35.2 Å². The average Bonchev–Trinajstić information content (AvgIpc) is 2.89. The Morgan fingerprint density at radius 1 is 1.00 bits per heavy atom. The van der Waals surface area contributed by atoms with Gasteiger partial charge < -0.3 is 9.47 Å². The Kier molecular flexibility index (Phi) is 3.52. The van der Waals surface area contributed by atoms with Gasteiger partial charge in [0.1, 0.15) is 11.8 Å². The van der Waals surface area contributed by atoms with Gasteiger partial charge in [0, 0.05) is 0 Å². The summed E-state index contributed by atoms with van der Waals surface area (Å²) in [7, 11) is 2.65. The number of benzene rings is 1. The summed E-state index contributed by atoms with van der Waals surface area (Å²) in [5, 5.41) is 0. The molecule has 0 amide bonds. The van der Waals surface area contributed by atoms with Gasteiger partial charge in [-0.15, -0.1) is 0 Å². The van der Waals surface area contributed by atoms with Gasteiger partial charge in [-0.2, -0.15) is 0 Å². The van der Waals surface area contributed by atoms with E-state index in [1.807, 2.05) is 25.1 Å². The Morgan fingerprint density at radius 2 is 1.55 bits per heavy atom. The third-order valence-corrected chi connectivity index (χ3v) is 3.98. The molecule has 0 fully saturated rings. The van der Waals surface area contributed by atoms with Crippen LogP contribution in [0.2, 0.25) is 0 Å². The van der Waals surface area contributed by atoms with E-state index >= 15 is 0 Å². The fraction of sp³-hybridized carbons (Fsp3) is 0.375. The molecular formula is C16H16N2O4. The lowest BCUT2D eigenvalue weighted by atomic mass is 10.0. The molecule has 114 valence electrons. The van der Waals surface area contributed by atoms with Crippen LogP contribution in [0.3, 0.4) is 0 Å². The van der Waals surface area contributed by atoms with Gasteiger partial charge in [0.2, 0.25) is 0 Å². The first-order valence-electron chi connectivity index (χ1n) is 6.99. The number of methoxy groups -OCH3 is 2. The van der Waals surface area contributed by atoms with Crippen LogP contribution in [0, 0.1) is 6.92 Å². The van der Waals surface area contributed by atoms with Crippen molar-refractivity contribution in [1.29, 1.82) is 0 Å². The Bertz CT molecular complexity index is 772. The molecular weight excluding hydrogens is 284 g/mol. The fourth-order valence-electron chi connectivity index (χ4n) is 2.86. The van der Waals surface area contributed by atoms with E-state index in [0.29, 0.717) is 22.4 Å². The van der Waals surface area contributed by atoms with Gasteiger partial charge in [0.25, 0.3) is 0 Å². The van der Waals surface area contributed by atoms with Gasteiger partial charge in [0.15, 0.2) is 0 Å². The first-order valence-corrected chi connectivity index (χ1v) is 6.99. The number of ether oxygens (including phenoxy) is 2. The summed E-state index contributed by atoms with van der Waals surface area (Å²) in [6.45, 7) is 1.96. The quantitative estimate of drug-likeness (QED) is 0.788. The predicted molar refractivity (Wildman–Crippen MR) is 78.4 cm³/mol. The second-order valence-electron chi connectivity index (χ2n) is 5.37. The molecule has 6 nitrogen and oxygen atoms in total. The number of esters is 2. The van der Waals surface area contributed by atoms with E-state index in [4.69, 9.17) is 9.47 Å². The predicted octanol–water partition coefficient (Wildman–Crippen LogP) is 1.86. The second-order valence-corrected chi connectivity index (χ2v) is 5.37. The Balaban J connectivity index is 2.19. The van der Waals surface area contributed by atoms with Crippen LogP contribution in [0.5, 0.6) is 0 Å². The number of hydrogen-bond donors (Lipinski definition) is 0. The van der Waals surface area contributed by atoms with Gasteiger partial charge in [-0.05, 0) is 31.0 Å². The highest BCUT2D eigenvalue weighted by Crippen LogP contribution is 2.41. The summed E-state index contributed by atoms with van der Waals surface area (Å²) in [6.07, 6.45) is 0.282. The van der Waals surface area contributed by atoms with Gasteiger partial charge in [-0.3, -0.25) is 9.59 Å². The highest BCUT2D eigenvalue weighted by Gasteiger charge is 2.43. The first-order chi connectivity index (χ1) is 10.5. The average molecular weight is 300 g/mol. The number of aromatic nitrogens is 2. The van der Waals surface area contributed by atoms with E-state index in [0.717, 1.165) is 5.56 Å². The molecule has 1 aliphatic carbocycles. The summed E-state index contributed by atoms with van der Waals surface area (Å²) in [4.78, 5) is 33.1. The maximum absolute atomic E-state index is 12.0. The molecule has 0 saturated heterocycles. The molecule has 6 heteroatoms. The van der Waals surface area contributed by atoms with Crippen LogP contribution in [0.15, 0.2) is 18.2 Å². The number of fused-ring (bicyclic) bond motifs is 2. The van der Waals surface area contributed by atoms with E-state index in [1.54, 1.807) is 0 Å². The highest BCUT2D eigenvalue weighted by atomic mass is 16.5. The van der Waals surface area contributed by atoms with E-state index in [9.17, 15) is 9.59 Å². The second kappa shape index (κ2) is 5.36. The lowest BCUT2D eigenvalue weighted by molar-refractivity contribution is -0.144. The smallest absolute Gasteiger partial charge is 0.314 e. The number of hydrogen-bond acceptors (Lipinski definition) is 6. The first kappa shape index (κ1) is 14.4. The molecule has 0 radical (unpaired) electrons. The zero-order valence-corrected chi connectivity index (χ0v) is 12.6. The Morgan fingerprint density at radius 3 is 2.09 bits per heavy atom. The van der Waals surface area contributed by atoms with Crippen molar-refractivity contribution in [2.75, 3.05) is 14.2 Å². The number of carbonyl (C=O) groups is 2. The molecule has 0 bridgehead atoms. The molecule has 0 spiro atoms. The normalized spacial score (nSPS) is 19.8. The van der Waals surface area contributed by atoms with Crippen molar-refractivity contribution in [3.63, 3.8) is 0 Å². The van der Waals surface area contributed by atoms with Crippen LogP contribution < -0.4 is 0 Å². The molecule has 0 aliphatic heterocycles. The monoisotopic (exact) mass is 300 g/mol. The molecule has 0 saturated carbocycles. The molecule has 22 heavy (non-hydrogen) atoms. The van der Waals surface area contributed by atoms with Crippen molar-refractivity contribution >= 4 is 23.0 Å². The summed E-state index contributed by atoms with van der Waals surface area (Å²) in [5.74, 6) is -1.98. The standard InChI is InChI=1S/C16H16N2O4/c1-8-4-5-11-12(6-8)18-14-10(16(20)22-3)7-9(13(14)17-11)15(19)21-2/h4-6,9-10H,7H2,1-3H3/t9-,10-/m1/s1. The van der Waals surface area contributed by atoms with Crippen molar-refractivity contribution in [1.82, 2.24) is 9.97 Å². The molecule has 0 unspecified atom stereocenters. The van der Waals surface area contributed by atoms with Gasteiger partial charge >= 0.3 is 11.9 Å². The SMILES string of the molecule is COC(=O)[C@@H]1C[C@@H](C(=O)OC)c2nc3cc(C)ccc3nc21. The molecule has 0 N–H and O–H groups in total. The Labute approximate surface area is 127 Å². The number of aryl methyl sites for hydroxylation is 1. The van der Waals surface area contributed by atoms with Crippen LogP contribution in [-0.4, -0.2) is 36.1 Å². The van der Waals surface area contributed by atoms with E-state index in [-0.39, 0.29) is 6.42 Å². The van der Waals surface area contributed by atoms with Crippen LogP contribution in [0.25, 0.3) is 11.0 Å². The van der Waals surface area contributed by atoms with Crippen molar-refractivity contribution in [3.8, 4) is 0 Å². The molecule has 1 heterocycles. The molecule has 1 aromatic carbocycles. The summed E-state index contributed by atoms with van der Waals surface area (Å²) in [5.41, 5.74) is 3.49. The van der Waals surface area contributed by atoms with Crippen molar-refractivity contribution in [2.24, 2.45) is 0 Å². The van der Waals surface area contributed by atoms with Crippen LogP contribution in [-0.2, 0) is 19.1 Å². The maximum Gasteiger partial charge on any atom is 0.314 e. The van der Waals surface area contributed by atoms with Gasteiger partial charge in [-0.25, -0.2) is 9.97 Å². The van der Waals surface area contributed by atoms with Gasteiger partial charge in [0.05, 0.1) is 36.6 Å². The summed E-state index contributed by atoms with van der Waals surface area (Å²) in [6, 6.07) is 5.70. The van der Waals surface area contributed by atoms with E-state index in [1.165, 1.54) is 14.2 Å². The fourth-order valence-corrected chi connectivity index (χ4v) is 2.86. The minimum Gasteiger partial charge on any atom is -0.469 e. The van der Waals surface area contributed by atoms with Crippen LogP contribution in [0.1, 0.15) is 35.2 Å². The lowest BCUT2D eigenvalue weighted by Gasteiger charge is -2.08. The summed E-state index contributed by atoms with van der Waals surface area (Å²) < 4.78 is 9.65. The molecule has 3 rings (SSSR count). The van der Waals surface area contributed by atoms with Crippen LogP contribution in [0.4, 0.5) is 0 Å². The Hall–Kier alpha value is -2.50. The van der Waals surface area contributed by atoms with E-state index < -0.39 is 23.8 Å². The van der Waals surface area contributed by atoms with Gasteiger partial charge in [-0.1, -0.05) is 6.07 Å². The zero-order chi connectivity index (χ0) is 15.9. The minimum atomic E-state index is -0.582. The number of nitrogens with zero attached hydrogens (tertiary/aromatic N) is 2. The summed E-state index contributed by atoms with van der Waals surface area (Å²) >= 11 is 0. The van der Waals surface area contributed by atoms with Crippen molar-refractivity contribution < 1.29 is 19.1 Å². The molecule has 1 aromatic heterocycles. The largest absolute Gasteiger partial charge is 0.469 e.